The Bertz CT molecular complexity index is 687. The molecule has 0 saturated carbocycles. The van der Waals surface area contributed by atoms with E-state index in [1.807, 2.05) is 0 Å². The van der Waals surface area contributed by atoms with Gasteiger partial charge in [0.05, 0.1) is 5.69 Å². The predicted octanol–water partition coefficient (Wildman–Crippen LogP) is 3.04. The number of rotatable bonds is 3. The number of hydrogen-bond donors (Lipinski definition) is 1. The molecular weight excluding hydrogens is 278 g/mol. The van der Waals surface area contributed by atoms with Crippen LogP contribution in [0, 0.1) is 11.6 Å². The highest BCUT2D eigenvalue weighted by atomic mass is 19.2. The number of halogens is 2. The molecule has 2 aromatic carbocycles. The molecule has 2 rings (SSSR count). The third-order valence-corrected chi connectivity index (χ3v) is 2.80. The van der Waals surface area contributed by atoms with E-state index in [1.165, 1.54) is 35.2 Å². The van der Waals surface area contributed by atoms with Crippen molar-refractivity contribution in [3.8, 4) is 11.5 Å². The zero-order valence-corrected chi connectivity index (χ0v) is 11.6. The summed E-state index contributed by atoms with van der Waals surface area (Å²) in [6.45, 7) is 0. The van der Waals surface area contributed by atoms with Gasteiger partial charge in [0, 0.05) is 19.7 Å². The van der Waals surface area contributed by atoms with Crippen molar-refractivity contribution in [1.29, 1.82) is 0 Å². The quantitative estimate of drug-likeness (QED) is 0.885. The van der Waals surface area contributed by atoms with E-state index in [9.17, 15) is 13.6 Å². The van der Waals surface area contributed by atoms with E-state index < -0.39 is 11.6 Å². The van der Waals surface area contributed by atoms with Gasteiger partial charge in [-0.25, -0.2) is 4.39 Å². The van der Waals surface area contributed by atoms with E-state index in [2.05, 4.69) is 0 Å². The fourth-order valence-corrected chi connectivity index (χ4v) is 1.70. The molecule has 6 heteroatoms. The van der Waals surface area contributed by atoms with E-state index in [-0.39, 0.29) is 23.1 Å². The van der Waals surface area contributed by atoms with Gasteiger partial charge in [-0.1, -0.05) is 6.07 Å². The van der Waals surface area contributed by atoms with Crippen LogP contribution in [0.25, 0.3) is 0 Å². The summed E-state index contributed by atoms with van der Waals surface area (Å²) in [6, 6.07) is 7.98. The molecule has 1 amide bonds. The standard InChI is InChI=1S/C15H14F2N2O2/c1-19(2)15(20)9-6-7-11(18)13(8-9)21-12-5-3-4-10(16)14(12)17/h3-8H,18H2,1-2H3. The van der Waals surface area contributed by atoms with Gasteiger partial charge in [-0.15, -0.1) is 0 Å². The average Bonchev–Trinajstić information content (AvgIpc) is 2.45. The molecule has 110 valence electrons. The molecule has 0 aliphatic heterocycles. The minimum absolute atomic E-state index is 0.0900. The van der Waals surface area contributed by atoms with Crippen molar-refractivity contribution in [1.82, 2.24) is 4.90 Å². The summed E-state index contributed by atoms with van der Waals surface area (Å²) in [4.78, 5) is 13.3. The summed E-state index contributed by atoms with van der Waals surface area (Å²) in [5.74, 6) is -2.59. The number of hydrogen-bond acceptors (Lipinski definition) is 3. The van der Waals surface area contributed by atoms with Crippen LogP contribution in [-0.4, -0.2) is 24.9 Å². The van der Waals surface area contributed by atoms with E-state index >= 15 is 0 Å². The van der Waals surface area contributed by atoms with Crippen molar-refractivity contribution in [2.24, 2.45) is 0 Å². The van der Waals surface area contributed by atoms with Crippen LogP contribution in [0.4, 0.5) is 14.5 Å². The molecule has 0 saturated heterocycles. The molecule has 0 aliphatic carbocycles. The van der Waals surface area contributed by atoms with Crippen molar-refractivity contribution < 1.29 is 18.3 Å². The Hall–Kier alpha value is -2.63. The molecule has 0 aromatic heterocycles. The highest BCUT2D eigenvalue weighted by Crippen LogP contribution is 2.31. The number of ether oxygens (including phenoxy) is 1. The summed E-state index contributed by atoms with van der Waals surface area (Å²) >= 11 is 0. The third kappa shape index (κ3) is 3.10. The van der Waals surface area contributed by atoms with Crippen LogP contribution in [0.5, 0.6) is 11.5 Å². The zero-order valence-electron chi connectivity index (χ0n) is 11.6. The van der Waals surface area contributed by atoms with Gasteiger partial charge in [-0.3, -0.25) is 4.79 Å². The summed E-state index contributed by atoms with van der Waals surface area (Å²) < 4.78 is 32.0. The van der Waals surface area contributed by atoms with Gasteiger partial charge in [0.15, 0.2) is 17.3 Å². The molecular formula is C15H14F2N2O2. The highest BCUT2D eigenvalue weighted by molar-refractivity contribution is 5.94. The largest absolute Gasteiger partial charge is 0.452 e. The Labute approximate surface area is 120 Å². The highest BCUT2D eigenvalue weighted by Gasteiger charge is 2.14. The fourth-order valence-electron chi connectivity index (χ4n) is 1.70. The molecule has 0 heterocycles. The van der Waals surface area contributed by atoms with E-state index in [0.717, 1.165) is 6.07 Å². The first-order chi connectivity index (χ1) is 9.90. The number of nitrogens with two attached hydrogens (primary N) is 1. The molecule has 0 bridgehead atoms. The molecule has 0 fully saturated rings. The molecule has 0 radical (unpaired) electrons. The molecule has 0 unspecified atom stereocenters. The second-order valence-electron chi connectivity index (χ2n) is 4.61. The number of carbonyl (C=O) groups is 1. The molecule has 0 atom stereocenters. The number of nitrogen functional groups attached to an aromatic ring is 1. The minimum atomic E-state index is -1.11. The number of anilines is 1. The Kier molecular flexibility index (Phi) is 4.07. The average molecular weight is 292 g/mol. The fraction of sp³-hybridized carbons (Fsp3) is 0.133. The molecule has 0 aliphatic rings. The van der Waals surface area contributed by atoms with E-state index in [1.54, 1.807) is 14.1 Å². The van der Waals surface area contributed by atoms with E-state index in [0.29, 0.717) is 5.56 Å². The van der Waals surface area contributed by atoms with Crippen molar-refractivity contribution >= 4 is 11.6 Å². The summed E-state index contributed by atoms with van der Waals surface area (Å²) in [6.07, 6.45) is 0. The molecule has 2 N–H and O–H groups in total. The second-order valence-corrected chi connectivity index (χ2v) is 4.61. The number of benzene rings is 2. The summed E-state index contributed by atoms with van der Waals surface area (Å²) in [5.41, 5.74) is 6.29. The van der Waals surface area contributed by atoms with Crippen LogP contribution >= 0.6 is 0 Å². The second kappa shape index (κ2) is 5.78. The van der Waals surface area contributed by atoms with Crippen LogP contribution in [0.15, 0.2) is 36.4 Å². The van der Waals surface area contributed by atoms with Crippen molar-refractivity contribution in [2.45, 2.75) is 0 Å². The van der Waals surface area contributed by atoms with Gasteiger partial charge >= 0.3 is 0 Å². The lowest BCUT2D eigenvalue weighted by atomic mass is 10.1. The number of amides is 1. The summed E-state index contributed by atoms with van der Waals surface area (Å²) in [7, 11) is 3.21. The Balaban J connectivity index is 2.38. The first-order valence-electron chi connectivity index (χ1n) is 6.13. The molecule has 0 spiro atoms. The van der Waals surface area contributed by atoms with Crippen LogP contribution < -0.4 is 10.5 Å². The Morgan fingerprint density at radius 3 is 2.52 bits per heavy atom. The Morgan fingerprint density at radius 1 is 1.14 bits per heavy atom. The first-order valence-corrected chi connectivity index (χ1v) is 6.13. The van der Waals surface area contributed by atoms with Crippen molar-refractivity contribution in [3.63, 3.8) is 0 Å². The molecule has 2 aromatic rings. The van der Waals surface area contributed by atoms with Gasteiger partial charge in [-0.05, 0) is 30.3 Å². The van der Waals surface area contributed by atoms with Gasteiger partial charge < -0.3 is 15.4 Å². The topological polar surface area (TPSA) is 55.6 Å². The van der Waals surface area contributed by atoms with Crippen LogP contribution in [0.2, 0.25) is 0 Å². The summed E-state index contributed by atoms with van der Waals surface area (Å²) in [5, 5.41) is 0. The molecule has 21 heavy (non-hydrogen) atoms. The monoisotopic (exact) mass is 292 g/mol. The molecule has 4 nitrogen and oxygen atoms in total. The van der Waals surface area contributed by atoms with Gasteiger partial charge in [-0.2, -0.15) is 4.39 Å². The smallest absolute Gasteiger partial charge is 0.253 e. The van der Waals surface area contributed by atoms with Crippen molar-refractivity contribution in [2.75, 3.05) is 19.8 Å². The SMILES string of the molecule is CN(C)C(=O)c1ccc(N)c(Oc2cccc(F)c2F)c1. The maximum Gasteiger partial charge on any atom is 0.253 e. The zero-order chi connectivity index (χ0) is 15.6. The maximum atomic E-state index is 13.6. The van der Waals surface area contributed by atoms with E-state index in [4.69, 9.17) is 10.5 Å². The van der Waals surface area contributed by atoms with Gasteiger partial charge in [0.25, 0.3) is 5.91 Å². The van der Waals surface area contributed by atoms with Gasteiger partial charge in [0.1, 0.15) is 0 Å². The lowest BCUT2D eigenvalue weighted by Gasteiger charge is -2.13. The normalized spacial score (nSPS) is 10.3. The van der Waals surface area contributed by atoms with Crippen LogP contribution in [0.3, 0.4) is 0 Å². The number of nitrogens with zero attached hydrogens (tertiary/aromatic N) is 1. The predicted molar refractivity (Wildman–Crippen MR) is 75.3 cm³/mol. The van der Waals surface area contributed by atoms with Crippen molar-refractivity contribution in [3.05, 3.63) is 53.6 Å². The maximum absolute atomic E-state index is 13.6. The van der Waals surface area contributed by atoms with Crippen LogP contribution in [-0.2, 0) is 0 Å². The first kappa shape index (κ1) is 14.8. The lowest BCUT2D eigenvalue weighted by molar-refractivity contribution is 0.0827. The van der Waals surface area contributed by atoms with Gasteiger partial charge in [0.2, 0.25) is 5.82 Å². The number of carbonyl (C=O) groups excluding carboxylic acids is 1. The van der Waals surface area contributed by atoms with Crippen LogP contribution in [0.1, 0.15) is 10.4 Å². The Morgan fingerprint density at radius 2 is 1.86 bits per heavy atom. The lowest BCUT2D eigenvalue weighted by Crippen LogP contribution is -2.21. The third-order valence-electron chi connectivity index (χ3n) is 2.80. The minimum Gasteiger partial charge on any atom is -0.452 e.